The molecule has 3 atom stereocenters. The molecule has 128 valence electrons. The zero-order valence-corrected chi connectivity index (χ0v) is 13.9. The van der Waals surface area contributed by atoms with E-state index in [0.29, 0.717) is 11.1 Å². The number of fused-ring (bicyclic) bond motifs is 1. The quantitative estimate of drug-likeness (QED) is 0.791. The first-order valence-corrected chi connectivity index (χ1v) is 7.80. The lowest BCUT2D eigenvalue weighted by molar-refractivity contribution is -0.153. The summed E-state index contributed by atoms with van der Waals surface area (Å²) in [6, 6.07) is 8.70. The van der Waals surface area contributed by atoms with Crippen LogP contribution in [0.5, 0.6) is 0 Å². The Kier molecular flexibility index (Phi) is 4.43. The van der Waals surface area contributed by atoms with E-state index in [1.165, 1.54) is 7.11 Å². The molecule has 0 spiro atoms. The largest absolute Gasteiger partial charge is 0.466 e. The fourth-order valence-corrected chi connectivity index (χ4v) is 3.00. The van der Waals surface area contributed by atoms with Crippen LogP contribution in [0.2, 0.25) is 0 Å². The van der Waals surface area contributed by atoms with Crippen molar-refractivity contribution in [2.24, 2.45) is 0 Å². The SMILES string of the molecule is COC(=O)C1=C[C@H]2OC(C)(C)O[C@H]2[C@H](OC(=O)c2ccccc2)C1. The van der Waals surface area contributed by atoms with Crippen LogP contribution in [0.1, 0.15) is 30.6 Å². The molecule has 1 saturated heterocycles. The van der Waals surface area contributed by atoms with Crippen LogP contribution in [-0.4, -0.2) is 43.1 Å². The van der Waals surface area contributed by atoms with E-state index in [9.17, 15) is 9.59 Å². The molecule has 0 N–H and O–H groups in total. The van der Waals surface area contributed by atoms with E-state index in [4.69, 9.17) is 18.9 Å². The number of benzene rings is 1. The van der Waals surface area contributed by atoms with Crippen molar-refractivity contribution in [1.29, 1.82) is 0 Å². The van der Waals surface area contributed by atoms with E-state index in [1.807, 2.05) is 6.07 Å². The second kappa shape index (κ2) is 6.37. The van der Waals surface area contributed by atoms with Gasteiger partial charge in [0, 0.05) is 12.0 Å². The first kappa shape index (κ1) is 16.7. The lowest BCUT2D eigenvalue weighted by Crippen LogP contribution is -2.42. The second-order valence-electron chi connectivity index (χ2n) is 6.26. The average molecular weight is 332 g/mol. The molecular formula is C18H20O6. The molecule has 0 aromatic heterocycles. The highest BCUT2D eigenvalue weighted by molar-refractivity contribution is 5.90. The van der Waals surface area contributed by atoms with E-state index in [1.54, 1.807) is 44.2 Å². The number of hydrogen-bond donors (Lipinski definition) is 0. The van der Waals surface area contributed by atoms with Gasteiger partial charge in [0.15, 0.2) is 5.79 Å². The highest BCUT2D eigenvalue weighted by atomic mass is 16.8. The van der Waals surface area contributed by atoms with Crippen LogP contribution >= 0.6 is 0 Å². The minimum atomic E-state index is -0.811. The predicted molar refractivity (Wildman–Crippen MR) is 84.2 cm³/mol. The van der Waals surface area contributed by atoms with Crippen LogP contribution < -0.4 is 0 Å². The molecule has 3 rings (SSSR count). The molecule has 1 aromatic rings. The Morgan fingerprint density at radius 3 is 2.50 bits per heavy atom. The van der Waals surface area contributed by atoms with Gasteiger partial charge in [0.25, 0.3) is 0 Å². The first-order valence-electron chi connectivity index (χ1n) is 7.80. The normalized spacial score (nSPS) is 27.8. The molecule has 2 aliphatic rings. The Hall–Kier alpha value is -2.18. The van der Waals surface area contributed by atoms with Gasteiger partial charge in [0.05, 0.1) is 12.7 Å². The maximum absolute atomic E-state index is 12.4. The topological polar surface area (TPSA) is 71.1 Å². The van der Waals surface area contributed by atoms with Gasteiger partial charge in [0.2, 0.25) is 0 Å². The van der Waals surface area contributed by atoms with Crippen LogP contribution in [0.15, 0.2) is 42.0 Å². The summed E-state index contributed by atoms with van der Waals surface area (Å²) in [4.78, 5) is 24.2. The molecular weight excluding hydrogens is 312 g/mol. The Morgan fingerprint density at radius 2 is 1.83 bits per heavy atom. The Morgan fingerprint density at radius 1 is 1.12 bits per heavy atom. The zero-order valence-electron chi connectivity index (χ0n) is 13.9. The van der Waals surface area contributed by atoms with Gasteiger partial charge in [-0.2, -0.15) is 0 Å². The number of rotatable bonds is 3. The third kappa shape index (κ3) is 3.34. The van der Waals surface area contributed by atoms with Gasteiger partial charge in [-0.1, -0.05) is 18.2 Å². The maximum atomic E-state index is 12.4. The Labute approximate surface area is 140 Å². The smallest absolute Gasteiger partial charge is 0.338 e. The van der Waals surface area contributed by atoms with Crippen molar-refractivity contribution >= 4 is 11.9 Å². The molecule has 1 aromatic carbocycles. The van der Waals surface area contributed by atoms with Gasteiger partial charge >= 0.3 is 11.9 Å². The van der Waals surface area contributed by atoms with Crippen molar-refractivity contribution in [2.75, 3.05) is 7.11 Å². The van der Waals surface area contributed by atoms with Crippen molar-refractivity contribution < 1.29 is 28.5 Å². The van der Waals surface area contributed by atoms with E-state index in [2.05, 4.69) is 0 Å². The fourth-order valence-electron chi connectivity index (χ4n) is 3.00. The lowest BCUT2D eigenvalue weighted by atomic mass is 9.92. The molecule has 0 bridgehead atoms. The van der Waals surface area contributed by atoms with Gasteiger partial charge < -0.3 is 18.9 Å². The molecule has 24 heavy (non-hydrogen) atoms. The van der Waals surface area contributed by atoms with Crippen molar-refractivity contribution in [2.45, 2.75) is 44.4 Å². The highest BCUT2D eigenvalue weighted by Gasteiger charge is 2.49. The van der Waals surface area contributed by atoms with Crippen molar-refractivity contribution in [3.63, 3.8) is 0 Å². The second-order valence-corrected chi connectivity index (χ2v) is 6.26. The van der Waals surface area contributed by atoms with E-state index >= 15 is 0 Å². The minimum Gasteiger partial charge on any atom is -0.466 e. The molecule has 1 aliphatic heterocycles. The molecule has 1 aliphatic carbocycles. The molecule has 0 amide bonds. The third-order valence-electron chi connectivity index (χ3n) is 4.03. The monoisotopic (exact) mass is 332 g/mol. The lowest BCUT2D eigenvalue weighted by Gasteiger charge is -2.29. The van der Waals surface area contributed by atoms with Gasteiger partial charge in [-0.15, -0.1) is 0 Å². The maximum Gasteiger partial charge on any atom is 0.338 e. The number of ether oxygens (including phenoxy) is 4. The van der Waals surface area contributed by atoms with Crippen LogP contribution in [0.4, 0.5) is 0 Å². The van der Waals surface area contributed by atoms with Gasteiger partial charge in [-0.3, -0.25) is 0 Å². The van der Waals surface area contributed by atoms with Gasteiger partial charge in [-0.05, 0) is 32.1 Å². The van der Waals surface area contributed by atoms with E-state index < -0.39 is 36.0 Å². The average Bonchev–Trinajstić information content (AvgIpc) is 2.89. The molecule has 1 fully saturated rings. The predicted octanol–water partition coefficient (Wildman–Crippen LogP) is 2.24. The summed E-state index contributed by atoms with van der Waals surface area (Å²) in [5, 5.41) is 0. The molecule has 0 radical (unpaired) electrons. The third-order valence-corrected chi connectivity index (χ3v) is 4.03. The van der Waals surface area contributed by atoms with Crippen LogP contribution in [0, 0.1) is 0 Å². The number of hydrogen-bond acceptors (Lipinski definition) is 6. The summed E-state index contributed by atoms with van der Waals surface area (Å²) in [5.74, 6) is -1.73. The summed E-state index contributed by atoms with van der Waals surface area (Å²) in [5.41, 5.74) is 0.868. The summed E-state index contributed by atoms with van der Waals surface area (Å²) in [6.45, 7) is 3.57. The van der Waals surface area contributed by atoms with Crippen LogP contribution in [0.25, 0.3) is 0 Å². The minimum absolute atomic E-state index is 0.228. The summed E-state index contributed by atoms with van der Waals surface area (Å²) in [6.07, 6.45) is 0.380. The summed E-state index contributed by atoms with van der Waals surface area (Å²) >= 11 is 0. The number of carbonyl (C=O) groups excluding carboxylic acids is 2. The molecule has 6 nitrogen and oxygen atoms in total. The van der Waals surface area contributed by atoms with E-state index in [-0.39, 0.29) is 6.42 Å². The van der Waals surface area contributed by atoms with Crippen molar-refractivity contribution in [3.05, 3.63) is 47.5 Å². The number of esters is 2. The Bertz CT molecular complexity index is 663. The van der Waals surface area contributed by atoms with Crippen molar-refractivity contribution in [3.8, 4) is 0 Å². The van der Waals surface area contributed by atoms with Gasteiger partial charge in [0.1, 0.15) is 18.3 Å². The number of carbonyl (C=O) groups is 2. The van der Waals surface area contributed by atoms with Crippen LogP contribution in [0.3, 0.4) is 0 Å². The molecule has 0 unspecified atom stereocenters. The van der Waals surface area contributed by atoms with E-state index in [0.717, 1.165) is 0 Å². The molecule has 1 heterocycles. The first-order chi connectivity index (χ1) is 11.4. The fraction of sp³-hybridized carbons (Fsp3) is 0.444. The highest BCUT2D eigenvalue weighted by Crippen LogP contribution is 2.37. The molecule has 6 heteroatoms. The summed E-state index contributed by atoms with van der Waals surface area (Å²) < 4.78 is 22.1. The summed E-state index contributed by atoms with van der Waals surface area (Å²) in [7, 11) is 1.32. The standard InChI is InChI=1S/C18H20O6/c1-18(2)23-14-10-12(16(19)21-3)9-13(15(14)24-18)22-17(20)11-7-5-4-6-8-11/h4-8,10,13-15H,9H2,1-3H3/t13-,14-,15+/m1/s1. The number of methoxy groups -OCH3 is 1. The van der Waals surface area contributed by atoms with Crippen LogP contribution in [-0.2, 0) is 23.7 Å². The van der Waals surface area contributed by atoms with Crippen molar-refractivity contribution in [1.82, 2.24) is 0 Å². The molecule has 0 saturated carbocycles. The zero-order chi connectivity index (χ0) is 17.3. The van der Waals surface area contributed by atoms with Gasteiger partial charge in [-0.25, -0.2) is 9.59 Å². The Balaban J connectivity index is 1.82.